The molecule has 0 bridgehead atoms. The Kier molecular flexibility index (Phi) is 5.02. The van der Waals surface area contributed by atoms with Crippen LogP contribution in [-0.4, -0.2) is 20.4 Å². The summed E-state index contributed by atoms with van der Waals surface area (Å²) in [6.45, 7) is 3.74. The van der Waals surface area contributed by atoms with Crippen LogP contribution in [0.15, 0.2) is 53.4 Å². The molecule has 7 heteroatoms. The highest BCUT2D eigenvalue weighted by Crippen LogP contribution is 2.14. The first-order chi connectivity index (χ1) is 10.8. The molecule has 1 atom stereocenters. The van der Waals surface area contributed by atoms with E-state index in [1.807, 2.05) is 31.2 Å². The van der Waals surface area contributed by atoms with Crippen LogP contribution in [0.3, 0.4) is 0 Å². The Bertz CT molecular complexity index is 784. The second-order valence-electron chi connectivity index (χ2n) is 5.29. The summed E-state index contributed by atoms with van der Waals surface area (Å²) in [5.41, 5.74) is 2.49. The van der Waals surface area contributed by atoms with Crippen molar-refractivity contribution in [3.8, 4) is 0 Å². The molecule has 0 aliphatic rings. The van der Waals surface area contributed by atoms with Gasteiger partial charge in [0, 0.05) is 11.4 Å². The van der Waals surface area contributed by atoms with Gasteiger partial charge in [0.25, 0.3) is 0 Å². The number of benzene rings is 2. The number of amides is 1. The van der Waals surface area contributed by atoms with Gasteiger partial charge in [0.05, 0.1) is 4.90 Å². The monoisotopic (exact) mass is 333 g/mol. The molecule has 0 saturated carbocycles. The second-order valence-corrected chi connectivity index (χ2v) is 6.85. The molecule has 2 rings (SSSR count). The minimum Gasteiger partial charge on any atom is -0.374 e. The molecule has 2 aromatic rings. The third-order valence-corrected chi connectivity index (χ3v) is 4.21. The van der Waals surface area contributed by atoms with Crippen LogP contribution >= 0.6 is 0 Å². The van der Waals surface area contributed by atoms with Gasteiger partial charge in [-0.15, -0.1) is 0 Å². The van der Waals surface area contributed by atoms with Crippen LogP contribution in [0.1, 0.15) is 12.5 Å². The summed E-state index contributed by atoms with van der Waals surface area (Å²) in [5, 5.41) is 10.8. The fourth-order valence-corrected chi connectivity index (χ4v) is 2.46. The third kappa shape index (κ3) is 4.80. The molecule has 0 saturated heterocycles. The van der Waals surface area contributed by atoms with Gasteiger partial charge in [0.15, 0.2) is 0 Å². The maximum Gasteiger partial charge on any atom is 0.246 e. The Labute approximate surface area is 135 Å². The molecule has 1 unspecified atom stereocenters. The summed E-state index contributed by atoms with van der Waals surface area (Å²) in [6, 6.07) is 13.0. The fraction of sp³-hybridized carbons (Fsp3) is 0.188. The van der Waals surface area contributed by atoms with Gasteiger partial charge in [-0.3, -0.25) is 4.79 Å². The van der Waals surface area contributed by atoms with Gasteiger partial charge < -0.3 is 10.6 Å². The van der Waals surface area contributed by atoms with E-state index in [2.05, 4.69) is 10.6 Å². The van der Waals surface area contributed by atoms with Gasteiger partial charge in [0.1, 0.15) is 6.04 Å². The Morgan fingerprint density at radius 1 is 1.00 bits per heavy atom. The topological polar surface area (TPSA) is 101 Å². The lowest BCUT2D eigenvalue weighted by Gasteiger charge is -2.15. The van der Waals surface area contributed by atoms with Crippen LogP contribution in [0.2, 0.25) is 0 Å². The van der Waals surface area contributed by atoms with Crippen molar-refractivity contribution in [3.63, 3.8) is 0 Å². The number of hydrogen-bond acceptors (Lipinski definition) is 4. The smallest absolute Gasteiger partial charge is 0.246 e. The number of aryl methyl sites for hydroxylation is 1. The van der Waals surface area contributed by atoms with E-state index in [4.69, 9.17) is 5.14 Å². The Balaban J connectivity index is 1.99. The van der Waals surface area contributed by atoms with Crippen molar-refractivity contribution in [2.75, 3.05) is 10.6 Å². The molecule has 1 amide bonds. The number of rotatable bonds is 5. The highest BCUT2D eigenvalue weighted by Gasteiger charge is 2.13. The summed E-state index contributed by atoms with van der Waals surface area (Å²) in [7, 11) is -3.73. The SMILES string of the molecule is Cc1ccc(NC(C)C(=O)Nc2ccc(S(N)(=O)=O)cc2)cc1. The summed E-state index contributed by atoms with van der Waals surface area (Å²) in [5.74, 6) is -0.228. The fourth-order valence-electron chi connectivity index (χ4n) is 1.94. The summed E-state index contributed by atoms with van der Waals surface area (Å²) < 4.78 is 22.4. The Morgan fingerprint density at radius 3 is 2.04 bits per heavy atom. The van der Waals surface area contributed by atoms with Gasteiger partial charge in [-0.2, -0.15) is 0 Å². The molecular formula is C16H19N3O3S. The zero-order valence-electron chi connectivity index (χ0n) is 12.9. The predicted octanol–water partition coefficient (Wildman–Crippen LogP) is 2.08. The largest absolute Gasteiger partial charge is 0.374 e. The molecule has 23 heavy (non-hydrogen) atoms. The number of primary sulfonamides is 1. The average molecular weight is 333 g/mol. The van der Waals surface area contributed by atoms with E-state index in [1.165, 1.54) is 24.3 Å². The molecule has 0 heterocycles. The number of hydrogen-bond donors (Lipinski definition) is 3. The maximum absolute atomic E-state index is 12.1. The molecule has 2 aromatic carbocycles. The van der Waals surface area contributed by atoms with Crippen LogP contribution in [0, 0.1) is 6.92 Å². The quantitative estimate of drug-likeness (QED) is 0.779. The zero-order chi connectivity index (χ0) is 17.0. The van der Waals surface area contributed by atoms with Crippen LogP contribution in [0.4, 0.5) is 11.4 Å². The van der Waals surface area contributed by atoms with Gasteiger partial charge in [-0.1, -0.05) is 17.7 Å². The normalized spacial score (nSPS) is 12.5. The van der Waals surface area contributed by atoms with Gasteiger partial charge in [-0.25, -0.2) is 13.6 Å². The molecule has 6 nitrogen and oxygen atoms in total. The molecule has 0 spiro atoms. The highest BCUT2D eigenvalue weighted by molar-refractivity contribution is 7.89. The number of nitrogens with two attached hydrogens (primary N) is 1. The number of carbonyl (C=O) groups excluding carboxylic acids is 1. The molecule has 0 radical (unpaired) electrons. The van der Waals surface area contributed by atoms with Crippen molar-refractivity contribution in [1.82, 2.24) is 0 Å². The van der Waals surface area contributed by atoms with Crippen molar-refractivity contribution in [3.05, 3.63) is 54.1 Å². The molecule has 0 aliphatic heterocycles. The third-order valence-electron chi connectivity index (χ3n) is 3.28. The van der Waals surface area contributed by atoms with E-state index in [-0.39, 0.29) is 10.8 Å². The standard InChI is InChI=1S/C16H19N3O3S/c1-11-3-5-13(6-4-11)18-12(2)16(20)19-14-7-9-15(10-8-14)23(17,21)22/h3-10,12,18H,1-2H3,(H,19,20)(H2,17,21,22). The highest BCUT2D eigenvalue weighted by atomic mass is 32.2. The molecule has 0 aliphatic carbocycles. The number of carbonyl (C=O) groups is 1. The summed E-state index contributed by atoms with van der Waals surface area (Å²) in [6.07, 6.45) is 0. The molecule has 4 N–H and O–H groups in total. The lowest BCUT2D eigenvalue weighted by molar-refractivity contribution is -0.116. The van der Waals surface area contributed by atoms with Crippen molar-refractivity contribution in [2.45, 2.75) is 24.8 Å². The number of anilines is 2. The number of nitrogens with one attached hydrogen (secondary N) is 2. The van der Waals surface area contributed by atoms with Crippen molar-refractivity contribution in [1.29, 1.82) is 0 Å². The first-order valence-electron chi connectivity index (χ1n) is 7.02. The average Bonchev–Trinajstić information content (AvgIpc) is 2.49. The van der Waals surface area contributed by atoms with Gasteiger partial charge >= 0.3 is 0 Å². The zero-order valence-corrected chi connectivity index (χ0v) is 13.7. The maximum atomic E-state index is 12.1. The summed E-state index contributed by atoms with van der Waals surface area (Å²) in [4.78, 5) is 12.2. The first-order valence-corrected chi connectivity index (χ1v) is 8.57. The molecule has 122 valence electrons. The second kappa shape index (κ2) is 6.80. The van der Waals surface area contributed by atoms with Crippen molar-refractivity contribution >= 4 is 27.3 Å². The molecular weight excluding hydrogens is 314 g/mol. The number of sulfonamides is 1. The van der Waals surface area contributed by atoms with E-state index in [0.717, 1.165) is 11.3 Å². The van der Waals surface area contributed by atoms with Crippen LogP contribution < -0.4 is 15.8 Å². The lowest BCUT2D eigenvalue weighted by atomic mass is 10.2. The lowest BCUT2D eigenvalue weighted by Crippen LogP contribution is -2.31. The predicted molar refractivity (Wildman–Crippen MR) is 90.7 cm³/mol. The van der Waals surface area contributed by atoms with Crippen LogP contribution in [-0.2, 0) is 14.8 Å². The van der Waals surface area contributed by atoms with Crippen molar-refractivity contribution < 1.29 is 13.2 Å². The Hall–Kier alpha value is -2.38. The Morgan fingerprint density at radius 2 is 1.52 bits per heavy atom. The van der Waals surface area contributed by atoms with Gasteiger partial charge in [0.2, 0.25) is 15.9 Å². The minimum atomic E-state index is -3.73. The van der Waals surface area contributed by atoms with Gasteiger partial charge in [-0.05, 0) is 50.2 Å². The van der Waals surface area contributed by atoms with E-state index >= 15 is 0 Å². The summed E-state index contributed by atoms with van der Waals surface area (Å²) >= 11 is 0. The molecule has 0 aromatic heterocycles. The van der Waals surface area contributed by atoms with E-state index in [1.54, 1.807) is 6.92 Å². The van der Waals surface area contributed by atoms with Crippen molar-refractivity contribution in [2.24, 2.45) is 5.14 Å². The van der Waals surface area contributed by atoms with E-state index < -0.39 is 16.1 Å². The van der Waals surface area contributed by atoms with Crippen LogP contribution in [0.25, 0.3) is 0 Å². The molecule has 0 fully saturated rings. The van der Waals surface area contributed by atoms with E-state index in [9.17, 15) is 13.2 Å². The van der Waals surface area contributed by atoms with E-state index in [0.29, 0.717) is 5.69 Å². The first kappa shape index (κ1) is 17.0. The minimum absolute atomic E-state index is 0.00123. The van der Waals surface area contributed by atoms with Crippen LogP contribution in [0.5, 0.6) is 0 Å².